The fourth-order valence-corrected chi connectivity index (χ4v) is 3.57. The fourth-order valence-electron chi connectivity index (χ4n) is 3.57. The number of rotatable bonds is 8. The van der Waals surface area contributed by atoms with Crippen LogP contribution in [0.3, 0.4) is 0 Å². The van der Waals surface area contributed by atoms with E-state index in [0.717, 1.165) is 41.1 Å². The normalized spacial score (nSPS) is 12.0. The lowest BCUT2D eigenvalue weighted by molar-refractivity contribution is -0.117. The quantitative estimate of drug-likeness (QED) is 0.539. The van der Waals surface area contributed by atoms with Crippen LogP contribution in [0.25, 0.3) is 11.3 Å². The molecular formula is C24H29N3O2. The van der Waals surface area contributed by atoms with Crippen LogP contribution in [-0.2, 0) is 11.2 Å². The molecule has 1 unspecified atom stereocenters. The number of amides is 1. The molecular weight excluding hydrogens is 362 g/mol. The van der Waals surface area contributed by atoms with Crippen LogP contribution in [0.15, 0.2) is 54.6 Å². The zero-order valence-electron chi connectivity index (χ0n) is 17.5. The molecule has 3 rings (SSSR count). The summed E-state index contributed by atoms with van der Waals surface area (Å²) in [5.74, 6) is 0.901. The number of aromatic nitrogens is 2. The largest absolute Gasteiger partial charge is 0.496 e. The van der Waals surface area contributed by atoms with E-state index in [9.17, 15) is 4.79 Å². The Hall–Kier alpha value is -3.08. The summed E-state index contributed by atoms with van der Waals surface area (Å²) in [6.45, 7) is 6.32. The van der Waals surface area contributed by atoms with E-state index in [2.05, 4.69) is 29.4 Å². The van der Waals surface area contributed by atoms with Crippen LogP contribution in [0.2, 0.25) is 0 Å². The number of methoxy groups -OCH3 is 1. The van der Waals surface area contributed by atoms with Gasteiger partial charge in [0.15, 0.2) is 0 Å². The molecule has 1 aromatic heterocycles. The summed E-state index contributed by atoms with van der Waals surface area (Å²) in [6, 6.07) is 17.6. The number of para-hydroxylation sites is 1. The van der Waals surface area contributed by atoms with Crippen molar-refractivity contribution in [3.05, 3.63) is 65.9 Å². The summed E-state index contributed by atoms with van der Waals surface area (Å²) in [4.78, 5) is 13.2. The third-order valence-electron chi connectivity index (χ3n) is 4.99. The van der Waals surface area contributed by atoms with Crippen LogP contribution in [0.1, 0.15) is 44.4 Å². The van der Waals surface area contributed by atoms with Gasteiger partial charge in [0.2, 0.25) is 5.91 Å². The first-order valence-corrected chi connectivity index (χ1v) is 10.1. The summed E-state index contributed by atoms with van der Waals surface area (Å²) < 4.78 is 5.52. The number of nitrogens with one attached hydrogen (secondary N) is 2. The molecule has 0 saturated carbocycles. The van der Waals surface area contributed by atoms with E-state index in [0.29, 0.717) is 11.6 Å². The Balaban J connectivity index is 2.00. The first-order chi connectivity index (χ1) is 14.0. The molecule has 0 radical (unpaired) electrons. The van der Waals surface area contributed by atoms with Crippen molar-refractivity contribution in [3.63, 3.8) is 0 Å². The smallest absolute Gasteiger partial charge is 0.232 e. The standard InChI is InChI=1S/C24H29N3O2/c1-5-18(17-11-7-6-8-12-17)24(28)25-23-20(15-16(2)3)26-27-22(23)19-13-9-10-14-21(19)29-4/h6-14,16,18H,5,15H2,1-4H3,(H,25,28)(H,26,27). The van der Waals surface area contributed by atoms with Gasteiger partial charge in [-0.05, 0) is 36.5 Å². The minimum atomic E-state index is -0.219. The number of ether oxygens (including phenoxy) is 1. The van der Waals surface area contributed by atoms with Crippen LogP contribution in [0, 0.1) is 5.92 Å². The van der Waals surface area contributed by atoms with E-state index < -0.39 is 0 Å². The highest BCUT2D eigenvalue weighted by atomic mass is 16.5. The number of benzene rings is 2. The molecule has 3 aromatic rings. The van der Waals surface area contributed by atoms with Gasteiger partial charge in [-0.1, -0.05) is 63.2 Å². The van der Waals surface area contributed by atoms with Gasteiger partial charge in [0, 0.05) is 5.56 Å². The second-order valence-corrected chi connectivity index (χ2v) is 7.58. The van der Waals surface area contributed by atoms with Crippen molar-refractivity contribution >= 4 is 11.6 Å². The van der Waals surface area contributed by atoms with E-state index in [1.54, 1.807) is 7.11 Å². The van der Waals surface area contributed by atoms with E-state index in [-0.39, 0.29) is 11.8 Å². The molecule has 2 N–H and O–H groups in total. The zero-order valence-corrected chi connectivity index (χ0v) is 17.5. The van der Waals surface area contributed by atoms with Crippen LogP contribution in [0.5, 0.6) is 5.75 Å². The summed E-state index contributed by atoms with van der Waals surface area (Å²) in [5, 5.41) is 10.9. The first kappa shape index (κ1) is 20.6. The molecule has 1 atom stereocenters. The highest BCUT2D eigenvalue weighted by molar-refractivity contribution is 5.99. The van der Waals surface area contributed by atoms with Crippen molar-refractivity contribution in [2.45, 2.75) is 39.5 Å². The molecule has 2 aromatic carbocycles. The Kier molecular flexibility index (Phi) is 6.70. The van der Waals surface area contributed by atoms with Crippen LogP contribution < -0.4 is 10.1 Å². The molecule has 0 fully saturated rings. The van der Waals surface area contributed by atoms with Crippen LogP contribution >= 0.6 is 0 Å². The molecule has 0 aliphatic rings. The summed E-state index contributed by atoms with van der Waals surface area (Å²) in [6.07, 6.45) is 1.51. The van der Waals surface area contributed by atoms with Crippen LogP contribution in [-0.4, -0.2) is 23.2 Å². The lowest BCUT2D eigenvalue weighted by Gasteiger charge is -2.17. The summed E-state index contributed by atoms with van der Waals surface area (Å²) in [5.41, 5.74) is 4.23. The van der Waals surface area contributed by atoms with Gasteiger partial charge in [0.25, 0.3) is 0 Å². The first-order valence-electron chi connectivity index (χ1n) is 10.1. The number of carbonyl (C=O) groups is 1. The Morgan fingerprint density at radius 1 is 1.10 bits per heavy atom. The number of hydrogen-bond donors (Lipinski definition) is 2. The number of carbonyl (C=O) groups excluding carboxylic acids is 1. The van der Waals surface area contributed by atoms with E-state index in [1.165, 1.54) is 0 Å². The molecule has 1 amide bonds. The number of anilines is 1. The molecule has 0 bridgehead atoms. The molecule has 29 heavy (non-hydrogen) atoms. The number of H-pyrrole nitrogens is 1. The lowest BCUT2D eigenvalue weighted by Crippen LogP contribution is -2.21. The second-order valence-electron chi connectivity index (χ2n) is 7.58. The van der Waals surface area contributed by atoms with E-state index in [1.807, 2.05) is 61.5 Å². The highest BCUT2D eigenvalue weighted by Crippen LogP contribution is 2.36. The summed E-state index contributed by atoms with van der Waals surface area (Å²) >= 11 is 0. The van der Waals surface area contributed by atoms with E-state index >= 15 is 0 Å². The molecule has 0 aliphatic carbocycles. The van der Waals surface area contributed by atoms with Gasteiger partial charge < -0.3 is 10.1 Å². The Labute approximate surface area is 172 Å². The minimum Gasteiger partial charge on any atom is -0.496 e. The predicted octanol–water partition coefficient (Wildman–Crippen LogP) is 5.42. The monoisotopic (exact) mass is 391 g/mol. The predicted molar refractivity (Wildman–Crippen MR) is 117 cm³/mol. The van der Waals surface area contributed by atoms with Gasteiger partial charge >= 0.3 is 0 Å². The molecule has 5 nitrogen and oxygen atoms in total. The molecule has 1 heterocycles. The van der Waals surface area contributed by atoms with Crippen molar-refractivity contribution in [3.8, 4) is 17.0 Å². The SMILES string of the molecule is CCC(C(=O)Nc1c(-c2ccccc2OC)n[nH]c1CC(C)C)c1ccccc1. The van der Waals surface area contributed by atoms with Gasteiger partial charge in [-0.2, -0.15) is 5.10 Å². The Morgan fingerprint density at radius 2 is 1.79 bits per heavy atom. The number of hydrogen-bond acceptors (Lipinski definition) is 3. The maximum absolute atomic E-state index is 13.2. The van der Waals surface area contributed by atoms with Crippen LogP contribution in [0.4, 0.5) is 5.69 Å². The average Bonchev–Trinajstić information content (AvgIpc) is 3.10. The Morgan fingerprint density at radius 3 is 2.45 bits per heavy atom. The average molecular weight is 392 g/mol. The lowest BCUT2D eigenvalue weighted by atomic mass is 9.95. The van der Waals surface area contributed by atoms with Crippen molar-refractivity contribution in [1.29, 1.82) is 0 Å². The van der Waals surface area contributed by atoms with Crippen molar-refractivity contribution in [1.82, 2.24) is 10.2 Å². The van der Waals surface area contributed by atoms with Gasteiger partial charge in [0.1, 0.15) is 11.4 Å². The molecule has 0 spiro atoms. The van der Waals surface area contributed by atoms with Crippen molar-refractivity contribution in [2.24, 2.45) is 5.92 Å². The number of aromatic amines is 1. The number of nitrogens with zero attached hydrogens (tertiary/aromatic N) is 1. The van der Waals surface area contributed by atoms with Gasteiger partial charge in [-0.25, -0.2) is 0 Å². The topological polar surface area (TPSA) is 67.0 Å². The third kappa shape index (κ3) is 4.67. The van der Waals surface area contributed by atoms with Crippen molar-refractivity contribution in [2.75, 3.05) is 12.4 Å². The highest BCUT2D eigenvalue weighted by Gasteiger charge is 2.24. The molecule has 152 valence electrons. The van der Waals surface area contributed by atoms with Gasteiger partial charge in [-0.15, -0.1) is 0 Å². The molecule has 5 heteroatoms. The maximum atomic E-state index is 13.2. The fraction of sp³-hybridized carbons (Fsp3) is 0.333. The van der Waals surface area contributed by atoms with E-state index in [4.69, 9.17) is 4.74 Å². The van der Waals surface area contributed by atoms with Gasteiger partial charge in [0.05, 0.1) is 24.4 Å². The maximum Gasteiger partial charge on any atom is 0.232 e. The molecule has 0 saturated heterocycles. The van der Waals surface area contributed by atoms with Gasteiger partial charge in [-0.3, -0.25) is 9.89 Å². The minimum absolute atomic E-state index is 0.0266. The van der Waals surface area contributed by atoms with Crippen molar-refractivity contribution < 1.29 is 9.53 Å². The third-order valence-corrected chi connectivity index (χ3v) is 4.99. The second kappa shape index (κ2) is 9.41. The Bertz CT molecular complexity index is 948. The zero-order chi connectivity index (χ0) is 20.8. The molecule has 0 aliphatic heterocycles. The summed E-state index contributed by atoms with van der Waals surface area (Å²) in [7, 11) is 1.64.